The highest BCUT2D eigenvalue weighted by atomic mass is 16.5. The molecule has 1 aliphatic rings. The number of imide groups is 1. The van der Waals surface area contributed by atoms with E-state index in [0.717, 1.165) is 4.90 Å². The van der Waals surface area contributed by atoms with E-state index in [1.54, 1.807) is 24.3 Å². The van der Waals surface area contributed by atoms with Gasteiger partial charge in [0.15, 0.2) is 11.5 Å². The van der Waals surface area contributed by atoms with Crippen molar-refractivity contribution < 1.29 is 33.7 Å². The van der Waals surface area contributed by atoms with Gasteiger partial charge in [-0.25, -0.2) is 9.69 Å². The lowest BCUT2D eigenvalue weighted by molar-refractivity contribution is -0.127. The molecule has 0 bridgehead atoms. The van der Waals surface area contributed by atoms with Gasteiger partial charge < -0.3 is 30.0 Å². The number of hydrogen-bond donors (Lipinski definition) is 3. The Labute approximate surface area is 184 Å². The molecule has 3 rings (SSSR count). The second kappa shape index (κ2) is 9.73. The number of carbonyl (C=O) groups is 3. The fourth-order valence-corrected chi connectivity index (χ4v) is 3.02. The number of phenolic OH excluding ortho intramolecular Hbond substituents is 1. The van der Waals surface area contributed by atoms with Gasteiger partial charge in [0.25, 0.3) is 5.91 Å². The Kier molecular flexibility index (Phi) is 6.83. The third-order valence-electron chi connectivity index (χ3n) is 4.53. The number of methoxy groups -OCH3 is 2. The number of hydrogen-bond acceptors (Lipinski definition) is 7. The zero-order valence-corrected chi connectivity index (χ0v) is 17.8. The van der Waals surface area contributed by atoms with E-state index in [-0.39, 0.29) is 22.9 Å². The quantitative estimate of drug-likeness (QED) is 0.424. The molecule has 0 saturated carbocycles. The van der Waals surface area contributed by atoms with Crippen LogP contribution in [-0.4, -0.2) is 55.2 Å². The standard InChI is InChI=1S/C22H23N3O7/c1-4-32-15-7-5-14(6-8-15)23-19(26)12-25-21(28)16(24-22(25)29)9-13-10-17(30-2)20(27)18(11-13)31-3/h5-11,27H,4,12H2,1-3H3,(H,23,26)(H,24,29)/b16-9-. The van der Waals surface area contributed by atoms with E-state index in [1.165, 1.54) is 32.4 Å². The van der Waals surface area contributed by atoms with Gasteiger partial charge in [-0.05, 0) is 55.0 Å². The minimum Gasteiger partial charge on any atom is -0.502 e. The first-order valence-electron chi connectivity index (χ1n) is 9.68. The van der Waals surface area contributed by atoms with Gasteiger partial charge in [0.05, 0.1) is 20.8 Å². The SMILES string of the molecule is CCOc1ccc(NC(=O)CN2C(=O)N/C(=C\c3cc(OC)c(O)c(OC)c3)C2=O)cc1. The number of ether oxygens (including phenoxy) is 3. The fraction of sp³-hybridized carbons (Fsp3) is 0.227. The first kappa shape index (κ1) is 22.5. The third-order valence-corrected chi connectivity index (χ3v) is 4.53. The largest absolute Gasteiger partial charge is 0.502 e. The molecule has 1 fully saturated rings. The summed E-state index contributed by atoms with van der Waals surface area (Å²) in [7, 11) is 2.75. The van der Waals surface area contributed by atoms with Gasteiger partial charge in [0.2, 0.25) is 11.7 Å². The summed E-state index contributed by atoms with van der Waals surface area (Å²) in [6, 6.07) is 8.96. The molecule has 0 aliphatic carbocycles. The molecule has 2 aromatic carbocycles. The van der Waals surface area contributed by atoms with Gasteiger partial charge >= 0.3 is 6.03 Å². The van der Waals surface area contributed by atoms with Gasteiger partial charge in [-0.1, -0.05) is 0 Å². The number of nitrogens with one attached hydrogen (secondary N) is 2. The van der Waals surface area contributed by atoms with Crippen molar-refractivity contribution in [2.24, 2.45) is 0 Å². The van der Waals surface area contributed by atoms with Crippen LogP contribution < -0.4 is 24.8 Å². The van der Waals surface area contributed by atoms with Crippen molar-refractivity contribution in [2.75, 3.05) is 32.7 Å². The molecule has 3 N–H and O–H groups in total. The van der Waals surface area contributed by atoms with E-state index in [9.17, 15) is 19.5 Å². The molecule has 168 valence electrons. The molecule has 1 heterocycles. The normalized spacial score (nSPS) is 14.3. The van der Waals surface area contributed by atoms with Crippen molar-refractivity contribution in [3.8, 4) is 23.0 Å². The van der Waals surface area contributed by atoms with E-state index in [2.05, 4.69) is 10.6 Å². The molecule has 32 heavy (non-hydrogen) atoms. The van der Waals surface area contributed by atoms with E-state index < -0.39 is 24.4 Å². The van der Waals surface area contributed by atoms with Crippen LogP contribution in [0.5, 0.6) is 23.0 Å². The van der Waals surface area contributed by atoms with Crippen LogP contribution in [0.1, 0.15) is 12.5 Å². The average molecular weight is 441 g/mol. The lowest BCUT2D eigenvalue weighted by atomic mass is 10.1. The fourth-order valence-electron chi connectivity index (χ4n) is 3.02. The van der Waals surface area contributed by atoms with E-state index in [0.29, 0.717) is 23.6 Å². The Morgan fingerprint density at radius 1 is 1.12 bits per heavy atom. The summed E-state index contributed by atoms with van der Waals surface area (Å²) in [5.41, 5.74) is 0.920. The predicted molar refractivity (Wildman–Crippen MR) is 116 cm³/mol. The highest BCUT2D eigenvalue weighted by Gasteiger charge is 2.35. The predicted octanol–water partition coefficient (Wildman–Crippen LogP) is 2.34. The molecular weight excluding hydrogens is 418 g/mol. The number of phenols is 1. The molecule has 4 amide bonds. The first-order valence-corrected chi connectivity index (χ1v) is 9.68. The van der Waals surface area contributed by atoms with Crippen LogP contribution in [0.25, 0.3) is 6.08 Å². The molecule has 0 unspecified atom stereocenters. The van der Waals surface area contributed by atoms with Gasteiger partial charge in [0, 0.05) is 5.69 Å². The van der Waals surface area contributed by atoms with Gasteiger partial charge in [-0.3, -0.25) is 9.59 Å². The number of carbonyl (C=O) groups excluding carboxylic acids is 3. The molecule has 10 heteroatoms. The lowest BCUT2D eigenvalue weighted by Crippen LogP contribution is -2.38. The van der Waals surface area contributed by atoms with Crippen molar-refractivity contribution in [1.29, 1.82) is 0 Å². The summed E-state index contributed by atoms with van der Waals surface area (Å²) in [4.78, 5) is 38.1. The number of amides is 4. The van der Waals surface area contributed by atoms with Crippen LogP contribution in [0.2, 0.25) is 0 Å². The summed E-state index contributed by atoms with van der Waals surface area (Å²) >= 11 is 0. The summed E-state index contributed by atoms with van der Waals surface area (Å²) in [6.45, 7) is 1.93. The number of nitrogens with zero attached hydrogens (tertiary/aromatic N) is 1. The Hall–Kier alpha value is -4.21. The monoisotopic (exact) mass is 441 g/mol. The van der Waals surface area contributed by atoms with E-state index in [1.807, 2.05) is 6.92 Å². The lowest BCUT2D eigenvalue weighted by Gasteiger charge is -2.12. The van der Waals surface area contributed by atoms with Gasteiger partial charge in [0.1, 0.15) is 18.0 Å². The maximum atomic E-state index is 12.7. The molecule has 0 aromatic heterocycles. The van der Waals surface area contributed by atoms with Gasteiger partial charge in [-0.2, -0.15) is 0 Å². The Morgan fingerprint density at radius 2 is 1.75 bits per heavy atom. The van der Waals surface area contributed by atoms with E-state index in [4.69, 9.17) is 14.2 Å². The zero-order chi connectivity index (χ0) is 23.3. The van der Waals surface area contributed by atoms with Crippen molar-refractivity contribution in [3.63, 3.8) is 0 Å². The Balaban J connectivity index is 1.71. The Morgan fingerprint density at radius 3 is 2.31 bits per heavy atom. The summed E-state index contributed by atoms with van der Waals surface area (Å²) in [5.74, 6) is -0.447. The minimum atomic E-state index is -0.721. The van der Waals surface area contributed by atoms with Gasteiger partial charge in [-0.15, -0.1) is 0 Å². The van der Waals surface area contributed by atoms with Crippen LogP contribution in [0.3, 0.4) is 0 Å². The summed E-state index contributed by atoms with van der Waals surface area (Å²) in [6.07, 6.45) is 1.40. The molecule has 2 aromatic rings. The van der Waals surface area contributed by atoms with Crippen molar-refractivity contribution >= 4 is 29.6 Å². The molecule has 1 aliphatic heterocycles. The molecule has 0 atom stereocenters. The summed E-state index contributed by atoms with van der Waals surface area (Å²) < 4.78 is 15.5. The number of benzene rings is 2. The first-order chi connectivity index (χ1) is 15.4. The van der Waals surface area contributed by atoms with E-state index >= 15 is 0 Å². The average Bonchev–Trinajstić information content (AvgIpc) is 3.03. The summed E-state index contributed by atoms with van der Waals surface area (Å²) in [5, 5.41) is 15.1. The smallest absolute Gasteiger partial charge is 0.329 e. The Bertz CT molecular complexity index is 1040. The van der Waals surface area contributed by atoms with Crippen LogP contribution in [-0.2, 0) is 9.59 Å². The van der Waals surface area contributed by atoms with Crippen LogP contribution in [0, 0.1) is 0 Å². The molecule has 1 saturated heterocycles. The highest BCUT2D eigenvalue weighted by molar-refractivity contribution is 6.16. The molecule has 0 spiro atoms. The third kappa shape index (κ3) is 4.91. The minimum absolute atomic E-state index is 0.0290. The van der Waals surface area contributed by atoms with Crippen molar-refractivity contribution in [3.05, 3.63) is 47.7 Å². The number of rotatable bonds is 8. The second-order valence-corrected chi connectivity index (χ2v) is 6.66. The number of urea groups is 1. The van der Waals surface area contributed by atoms with Crippen LogP contribution >= 0.6 is 0 Å². The highest BCUT2D eigenvalue weighted by Crippen LogP contribution is 2.37. The zero-order valence-electron chi connectivity index (χ0n) is 17.8. The number of aromatic hydroxyl groups is 1. The maximum absolute atomic E-state index is 12.7. The van der Waals surface area contributed by atoms with Crippen LogP contribution in [0.4, 0.5) is 10.5 Å². The second-order valence-electron chi connectivity index (χ2n) is 6.66. The molecule has 0 radical (unpaired) electrons. The van der Waals surface area contributed by atoms with Crippen LogP contribution in [0.15, 0.2) is 42.1 Å². The maximum Gasteiger partial charge on any atom is 0.329 e. The number of anilines is 1. The topological polar surface area (TPSA) is 126 Å². The molecule has 10 nitrogen and oxygen atoms in total. The van der Waals surface area contributed by atoms with Crippen molar-refractivity contribution in [1.82, 2.24) is 10.2 Å². The molecular formula is C22H23N3O7. The van der Waals surface area contributed by atoms with Crippen molar-refractivity contribution in [2.45, 2.75) is 6.92 Å².